The summed E-state index contributed by atoms with van der Waals surface area (Å²) < 4.78 is 5.13. The highest BCUT2D eigenvalue weighted by Crippen LogP contribution is 2.55. The van der Waals surface area contributed by atoms with Crippen molar-refractivity contribution in [1.29, 1.82) is 0 Å². The van der Waals surface area contributed by atoms with Crippen LogP contribution in [0.4, 0.5) is 4.79 Å². The number of primary amides is 1. The molecule has 1 aromatic carbocycles. The predicted molar refractivity (Wildman–Crippen MR) is 117 cm³/mol. The lowest BCUT2D eigenvalue weighted by molar-refractivity contribution is -0.136. The molecule has 1 fully saturated rings. The minimum Gasteiger partial charge on any atom is -0.504 e. The molecule has 1 heterocycles. The van der Waals surface area contributed by atoms with E-state index in [9.17, 15) is 29.1 Å². The average molecular weight is 462 g/mol. The number of imide groups is 3. The summed E-state index contributed by atoms with van der Waals surface area (Å²) in [6, 6.07) is 3.62. The highest BCUT2D eigenvalue weighted by molar-refractivity contribution is 6.24. The Morgan fingerprint density at radius 1 is 1.15 bits per heavy atom. The Labute approximate surface area is 194 Å². The Morgan fingerprint density at radius 3 is 2.53 bits per heavy atom. The summed E-state index contributed by atoms with van der Waals surface area (Å²) >= 11 is 0. The number of methoxy groups -OCH3 is 1. The highest BCUT2D eigenvalue weighted by atomic mass is 16.5. The van der Waals surface area contributed by atoms with Crippen LogP contribution in [0.3, 0.4) is 0 Å². The molecular formula is C25H22N2O7. The normalized spacial score (nSPS) is 28.2. The second-order valence-corrected chi connectivity index (χ2v) is 9.01. The van der Waals surface area contributed by atoms with E-state index in [1.165, 1.54) is 19.3 Å². The molecule has 0 bridgehead atoms. The van der Waals surface area contributed by atoms with E-state index in [0.717, 1.165) is 0 Å². The monoisotopic (exact) mass is 462 g/mol. The second-order valence-electron chi connectivity index (χ2n) is 9.01. The fraction of sp³-hybridized carbons (Fsp3) is 0.320. The van der Waals surface area contributed by atoms with Gasteiger partial charge in [0.25, 0.3) is 0 Å². The Kier molecular flexibility index (Phi) is 4.82. The van der Waals surface area contributed by atoms with Crippen molar-refractivity contribution < 1.29 is 33.8 Å². The number of carbonyl (C=O) groups excluding carboxylic acids is 5. The minimum atomic E-state index is -1.12. The molecule has 5 rings (SSSR count). The number of ether oxygens (including phenoxy) is 1. The highest BCUT2D eigenvalue weighted by Gasteiger charge is 2.57. The van der Waals surface area contributed by atoms with Crippen molar-refractivity contribution in [2.24, 2.45) is 23.5 Å². The van der Waals surface area contributed by atoms with Gasteiger partial charge in [-0.25, -0.2) is 4.79 Å². The summed E-state index contributed by atoms with van der Waals surface area (Å²) in [7, 11) is 1.42. The molecule has 4 unspecified atom stereocenters. The average Bonchev–Trinajstić information content (AvgIpc) is 3.06. The van der Waals surface area contributed by atoms with Crippen molar-refractivity contribution in [2.75, 3.05) is 7.11 Å². The number of amides is 4. The number of nitrogens with two attached hydrogens (primary N) is 1. The molecule has 1 aliphatic heterocycles. The third-order valence-corrected chi connectivity index (χ3v) is 7.32. The first-order chi connectivity index (χ1) is 16.1. The van der Waals surface area contributed by atoms with Gasteiger partial charge in [0, 0.05) is 22.6 Å². The Balaban J connectivity index is 1.69. The van der Waals surface area contributed by atoms with E-state index >= 15 is 0 Å². The van der Waals surface area contributed by atoms with Gasteiger partial charge in [0.15, 0.2) is 23.1 Å². The summed E-state index contributed by atoms with van der Waals surface area (Å²) in [6.07, 6.45) is 3.43. The summed E-state index contributed by atoms with van der Waals surface area (Å²) in [4.78, 5) is 64.5. The van der Waals surface area contributed by atoms with Crippen LogP contribution in [0.25, 0.3) is 0 Å². The molecule has 0 radical (unpaired) electrons. The predicted octanol–water partition coefficient (Wildman–Crippen LogP) is 1.91. The standard InChI is InChI=1S/C25H22N2O7/c1-10-7-17(29)21-15(22(10)30)9-14-12(19(21)11-3-6-18(34-2)16(28)8-11)4-5-13-20(14)24(32)27(23(13)31)25(26)33/h3-4,6-8,13-14,19-20,28H,5,9H2,1-2H3,(H2,26,33). The number of carbonyl (C=O) groups is 5. The van der Waals surface area contributed by atoms with Crippen molar-refractivity contribution >= 4 is 29.4 Å². The number of nitrogens with zero attached hydrogens (tertiary/aromatic N) is 1. The number of Topliss-reactive ketones (excluding diaryl/α,β-unsaturated/α-hetero) is 1. The third kappa shape index (κ3) is 2.89. The van der Waals surface area contributed by atoms with Crippen LogP contribution in [0.2, 0.25) is 0 Å². The number of phenolic OH excluding ortho intramolecular Hbond substituents is 1. The molecule has 174 valence electrons. The molecule has 1 saturated heterocycles. The van der Waals surface area contributed by atoms with Gasteiger partial charge >= 0.3 is 6.03 Å². The number of urea groups is 1. The summed E-state index contributed by atoms with van der Waals surface area (Å²) in [6.45, 7) is 1.56. The topological polar surface area (TPSA) is 144 Å². The molecule has 34 heavy (non-hydrogen) atoms. The first-order valence-corrected chi connectivity index (χ1v) is 10.9. The Morgan fingerprint density at radius 2 is 1.88 bits per heavy atom. The van der Waals surface area contributed by atoms with Gasteiger partial charge in [-0.3, -0.25) is 19.2 Å². The summed E-state index contributed by atoms with van der Waals surface area (Å²) in [5.74, 6) is -4.69. The van der Waals surface area contributed by atoms with Crippen molar-refractivity contribution in [3.8, 4) is 11.5 Å². The van der Waals surface area contributed by atoms with Crippen molar-refractivity contribution in [2.45, 2.75) is 25.7 Å². The van der Waals surface area contributed by atoms with Crippen LogP contribution in [0, 0.1) is 17.8 Å². The van der Waals surface area contributed by atoms with Gasteiger partial charge < -0.3 is 15.6 Å². The quantitative estimate of drug-likeness (QED) is 0.388. The summed E-state index contributed by atoms with van der Waals surface area (Å²) in [5, 5.41) is 10.4. The number of benzene rings is 1. The van der Waals surface area contributed by atoms with Gasteiger partial charge in [0.05, 0.1) is 18.9 Å². The van der Waals surface area contributed by atoms with Crippen LogP contribution in [-0.2, 0) is 19.2 Å². The fourth-order valence-electron chi connectivity index (χ4n) is 5.87. The molecule has 0 aromatic heterocycles. The molecular weight excluding hydrogens is 440 g/mol. The molecule has 9 nitrogen and oxygen atoms in total. The number of allylic oxidation sites excluding steroid dienone is 6. The van der Waals surface area contributed by atoms with Crippen LogP contribution < -0.4 is 10.5 Å². The second kappa shape index (κ2) is 7.51. The van der Waals surface area contributed by atoms with E-state index in [0.29, 0.717) is 32.8 Å². The first-order valence-electron chi connectivity index (χ1n) is 10.9. The van der Waals surface area contributed by atoms with Gasteiger partial charge in [-0.2, -0.15) is 4.90 Å². The van der Waals surface area contributed by atoms with Gasteiger partial charge in [0.2, 0.25) is 11.8 Å². The molecule has 1 aromatic rings. The minimum absolute atomic E-state index is 0.0995. The lowest BCUT2D eigenvalue weighted by Crippen LogP contribution is -2.42. The molecule has 4 aliphatic rings. The van der Waals surface area contributed by atoms with Crippen LogP contribution >= 0.6 is 0 Å². The van der Waals surface area contributed by atoms with Gasteiger partial charge in [-0.1, -0.05) is 17.7 Å². The first kappa shape index (κ1) is 21.8. The van der Waals surface area contributed by atoms with E-state index in [-0.39, 0.29) is 35.9 Å². The lowest BCUT2D eigenvalue weighted by Gasteiger charge is -2.42. The van der Waals surface area contributed by atoms with E-state index in [1.54, 1.807) is 19.1 Å². The fourth-order valence-corrected chi connectivity index (χ4v) is 5.87. The number of likely N-dealkylation sites (tertiary alicyclic amines) is 1. The Hall–Kier alpha value is -4.01. The van der Waals surface area contributed by atoms with Gasteiger partial charge in [0.1, 0.15) is 0 Å². The van der Waals surface area contributed by atoms with Crippen molar-refractivity contribution in [1.82, 2.24) is 4.90 Å². The molecule has 4 atom stereocenters. The molecule has 9 heteroatoms. The maximum atomic E-state index is 13.1. The van der Waals surface area contributed by atoms with Crippen LogP contribution in [0.15, 0.2) is 52.6 Å². The van der Waals surface area contributed by atoms with E-state index in [4.69, 9.17) is 10.5 Å². The molecule has 0 saturated carbocycles. The zero-order chi connectivity index (χ0) is 24.5. The number of phenols is 1. The maximum Gasteiger partial charge on any atom is 0.328 e. The number of fused-ring (bicyclic) bond motifs is 3. The SMILES string of the molecule is COc1ccc(C2C3=CCC4C(=O)N(C(N)=O)C(=O)C4C3CC3=C2C(=O)C=C(C)C3=O)cc1O. The van der Waals surface area contributed by atoms with E-state index in [1.807, 2.05) is 6.08 Å². The molecule has 4 amide bonds. The molecule has 0 spiro atoms. The number of hydrogen-bond acceptors (Lipinski definition) is 7. The van der Waals surface area contributed by atoms with E-state index in [2.05, 4.69) is 0 Å². The van der Waals surface area contributed by atoms with Gasteiger partial charge in [-0.05, 0) is 49.5 Å². The number of ketones is 2. The Bertz CT molecular complexity index is 1300. The van der Waals surface area contributed by atoms with Gasteiger partial charge in [-0.15, -0.1) is 0 Å². The largest absolute Gasteiger partial charge is 0.504 e. The van der Waals surface area contributed by atoms with Crippen LogP contribution in [0.5, 0.6) is 11.5 Å². The molecule has 3 aliphatic carbocycles. The number of aromatic hydroxyl groups is 1. The summed E-state index contributed by atoms with van der Waals surface area (Å²) in [5.41, 5.74) is 7.47. The lowest BCUT2D eigenvalue weighted by atomic mass is 9.59. The third-order valence-electron chi connectivity index (χ3n) is 7.32. The van der Waals surface area contributed by atoms with E-state index < -0.39 is 41.5 Å². The number of rotatable bonds is 2. The van der Waals surface area contributed by atoms with Crippen molar-refractivity contribution in [3.05, 3.63) is 58.2 Å². The van der Waals surface area contributed by atoms with Crippen molar-refractivity contribution in [3.63, 3.8) is 0 Å². The zero-order valence-corrected chi connectivity index (χ0v) is 18.5. The smallest absolute Gasteiger partial charge is 0.328 e. The molecule has 3 N–H and O–H groups in total. The van der Waals surface area contributed by atoms with Crippen LogP contribution in [-0.4, -0.2) is 46.5 Å². The number of hydrogen-bond donors (Lipinski definition) is 2. The maximum absolute atomic E-state index is 13.1. The van der Waals surface area contributed by atoms with Crippen LogP contribution in [0.1, 0.15) is 31.2 Å². The zero-order valence-electron chi connectivity index (χ0n) is 18.5.